The van der Waals surface area contributed by atoms with Crippen LogP contribution in [0.2, 0.25) is 0 Å². The third-order valence-corrected chi connectivity index (χ3v) is 5.29. The van der Waals surface area contributed by atoms with Gasteiger partial charge in [0.25, 0.3) is 0 Å². The Labute approximate surface area is 167 Å². The molecule has 0 bridgehead atoms. The topological polar surface area (TPSA) is 75.6 Å². The molecule has 1 heterocycles. The number of thiophene rings is 1. The van der Waals surface area contributed by atoms with Crippen LogP contribution in [-0.2, 0) is 28.7 Å². The fourth-order valence-electron chi connectivity index (χ4n) is 2.82. The molecular formula is C20H16F3NO4S. The molecule has 0 aliphatic heterocycles. The standard InChI is InChI=1S/C20H16F3NO4S/c21-20(22,23)15-8-4-7-14-13(11-29-17(14)15)9-16(18(25)26)24-19(27)28-10-12-5-2-1-3-6-12/h1-8,11,16H,9-10H2,(H,24,27)(H,25,26)/t16-/m0/s1. The number of aliphatic carboxylic acids is 1. The van der Waals surface area contributed by atoms with Gasteiger partial charge in [0.15, 0.2) is 0 Å². The molecule has 152 valence electrons. The van der Waals surface area contributed by atoms with E-state index in [9.17, 15) is 27.9 Å². The summed E-state index contributed by atoms with van der Waals surface area (Å²) in [6, 6.07) is 11.3. The summed E-state index contributed by atoms with van der Waals surface area (Å²) in [5, 5.41) is 13.5. The van der Waals surface area contributed by atoms with Crippen LogP contribution in [0.4, 0.5) is 18.0 Å². The quantitative estimate of drug-likeness (QED) is 0.595. The fourth-order valence-corrected chi connectivity index (χ4v) is 3.94. The van der Waals surface area contributed by atoms with Crippen LogP contribution in [0.25, 0.3) is 10.1 Å². The van der Waals surface area contributed by atoms with E-state index in [1.54, 1.807) is 30.3 Å². The van der Waals surface area contributed by atoms with Gasteiger partial charge in [0, 0.05) is 11.1 Å². The highest BCUT2D eigenvalue weighted by Crippen LogP contribution is 2.39. The van der Waals surface area contributed by atoms with E-state index in [-0.39, 0.29) is 17.7 Å². The van der Waals surface area contributed by atoms with Crippen molar-refractivity contribution in [2.75, 3.05) is 0 Å². The van der Waals surface area contributed by atoms with Crippen molar-refractivity contribution in [3.05, 3.63) is 70.6 Å². The Bertz CT molecular complexity index is 1020. The van der Waals surface area contributed by atoms with Crippen molar-refractivity contribution >= 4 is 33.5 Å². The summed E-state index contributed by atoms with van der Waals surface area (Å²) in [4.78, 5) is 23.5. The number of alkyl halides is 3. The average Bonchev–Trinajstić information content (AvgIpc) is 3.08. The van der Waals surface area contributed by atoms with E-state index < -0.39 is 29.8 Å². The number of fused-ring (bicyclic) bond motifs is 1. The van der Waals surface area contributed by atoms with Crippen LogP contribution in [0.1, 0.15) is 16.7 Å². The number of halogens is 3. The summed E-state index contributed by atoms with van der Waals surface area (Å²) < 4.78 is 44.5. The molecule has 3 rings (SSSR count). The molecule has 0 spiro atoms. The second-order valence-corrected chi connectivity index (χ2v) is 7.12. The van der Waals surface area contributed by atoms with Gasteiger partial charge in [-0.05, 0) is 28.0 Å². The highest BCUT2D eigenvalue weighted by molar-refractivity contribution is 7.17. The molecule has 0 aliphatic rings. The first-order valence-corrected chi connectivity index (χ1v) is 9.40. The molecule has 0 unspecified atom stereocenters. The molecular weight excluding hydrogens is 407 g/mol. The zero-order valence-electron chi connectivity index (χ0n) is 14.9. The van der Waals surface area contributed by atoms with Gasteiger partial charge in [0.2, 0.25) is 0 Å². The van der Waals surface area contributed by atoms with Crippen LogP contribution < -0.4 is 5.32 Å². The van der Waals surface area contributed by atoms with Gasteiger partial charge in [0.1, 0.15) is 12.6 Å². The summed E-state index contributed by atoms with van der Waals surface area (Å²) in [6.45, 7) is -0.0324. The van der Waals surface area contributed by atoms with E-state index in [0.717, 1.165) is 23.0 Å². The van der Waals surface area contributed by atoms with Gasteiger partial charge in [-0.25, -0.2) is 9.59 Å². The number of nitrogens with one attached hydrogen (secondary N) is 1. The summed E-state index contributed by atoms with van der Waals surface area (Å²) in [6.07, 6.45) is -5.60. The van der Waals surface area contributed by atoms with E-state index in [2.05, 4.69) is 5.32 Å². The number of ether oxygens (including phenoxy) is 1. The molecule has 1 amide bonds. The largest absolute Gasteiger partial charge is 0.480 e. The number of carboxylic acid groups (broad SMARTS) is 1. The molecule has 0 saturated heterocycles. The molecule has 0 aliphatic carbocycles. The molecule has 0 saturated carbocycles. The zero-order valence-corrected chi connectivity index (χ0v) is 15.7. The molecule has 5 nitrogen and oxygen atoms in total. The fraction of sp³-hybridized carbons (Fsp3) is 0.200. The maximum atomic E-state index is 13.2. The lowest BCUT2D eigenvalue weighted by Crippen LogP contribution is -2.42. The second-order valence-electron chi connectivity index (χ2n) is 6.24. The predicted octanol–water partition coefficient (Wildman–Crippen LogP) is 4.84. The Morgan fingerprint density at radius 2 is 1.83 bits per heavy atom. The molecule has 9 heteroatoms. The van der Waals surface area contributed by atoms with E-state index in [0.29, 0.717) is 10.9 Å². The first-order valence-electron chi connectivity index (χ1n) is 8.52. The van der Waals surface area contributed by atoms with Crippen molar-refractivity contribution in [3.63, 3.8) is 0 Å². The average molecular weight is 423 g/mol. The molecule has 2 N–H and O–H groups in total. The Balaban J connectivity index is 1.72. The SMILES string of the molecule is O=C(N[C@@H](Cc1csc2c(C(F)(F)F)cccc12)C(=O)O)OCc1ccccc1. The molecule has 0 fully saturated rings. The molecule has 2 aromatic carbocycles. The molecule has 29 heavy (non-hydrogen) atoms. The first kappa shape index (κ1) is 20.7. The van der Waals surface area contributed by atoms with E-state index in [1.165, 1.54) is 17.5 Å². The highest BCUT2D eigenvalue weighted by Gasteiger charge is 2.33. The van der Waals surface area contributed by atoms with Gasteiger partial charge in [-0.1, -0.05) is 42.5 Å². The van der Waals surface area contributed by atoms with E-state index >= 15 is 0 Å². The van der Waals surface area contributed by atoms with Crippen molar-refractivity contribution < 1.29 is 32.6 Å². The Hall–Kier alpha value is -3.07. The molecule has 1 aromatic heterocycles. The summed E-state index contributed by atoms with van der Waals surface area (Å²) in [7, 11) is 0. The predicted molar refractivity (Wildman–Crippen MR) is 102 cm³/mol. The van der Waals surface area contributed by atoms with Crippen molar-refractivity contribution in [2.24, 2.45) is 0 Å². The number of carbonyl (C=O) groups is 2. The summed E-state index contributed by atoms with van der Waals surface area (Å²) >= 11 is 0.891. The van der Waals surface area contributed by atoms with Crippen LogP contribution in [0, 0.1) is 0 Å². The Morgan fingerprint density at radius 3 is 2.48 bits per heavy atom. The van der Waals surface area contributed by atoms with Gasteiger partial charge < -0.3 is 15.2 Å². The zero-order chi connectivity index (χ0) is 21.0. The third kappa shape index (κ3) is 5.05. The number of hydrogen-bond donors (Lipinski definition) is 2. The number of benzene rings is 2. The van der Waals surface area contributed by atoms with Gasteiger partial charge >= 0.3 is 18.2 Å². The highest BCUT2D eigenvalue weighted by atomic mass is 32.1. The van der Waals surface area contributed by atoms with Crippen molar-refractivity contribution in [1.82, 2.24) is 5.32 Å². The number of carbonyl (C=O) groups excluding carboxylic acids is 1. The minimum absolute atomic E-state index is 0.0324. The van der Waals surface area contributed by atoms with Crippen LogP contribution >= 0.6 is 11.3 Å². The monoisotopic (exact) mass is 423 g/mol. The minimum Gasteiger partial charge on any atom is -0.480 e. The lowest BCUT2D eigenvalue weighted by molar-refractivity contribution is -0.139. The first-order chi connectivity index (χ1) is 13.8. The van der Waals surface area contributed by atoms with E-state index in [4.69, 9.17) is 4.74 Å². The van der Waals surface area contributed by atoms with Crippen LogP contribution in [0.5, 0.6) is 0 Å². The van der Waals surface area contributed by atoms with Crippen molar-refractivity contribution in [3.8, 4) is 0 Å². The second kappa shape index (κ2) is 8.52. The number of carboxylic acids is 1. The molecule has 3 aromatic rings. The van der Waals surface area contributed by atoms with Crippen molar-refractivity contribution in [2.45, 2.75) is 25.2 Å². The Morgan fingerprint density at radius 1 is 1.10 bits per heavy atom. The van der Waals surface area contributed by atoms with E-state index in [1.807, 2.05) is 0 Å². The lowest BCUT2D eigenvalue weighted by atomic mass is 10.0. The van der Waals surface area contributed by atoms with Crippen LogP contribution in [-0.4, -0.2) is 23.2 Å². The minimum atomic E-state index is -4.51. The lowest BCUT2D eigenvalue weighted by Gasteiger charge is -2.15. The third-order valence-electron chi connectivity index (χ3n) is 4.21. The molecule has 1 atom stereocenters. The van der Waals surface area contributed by atoms with Crippen LogP contribution in [0.15, 0.2) is 53.9 Å². The number of alkyl carbamates (subject to hydrolysis) is 1. The maximum Gasteiger partial charge on any atom is 0.417 e. The maximum absolute atomic E-state index is 13.2. The van der Waals surface area contributed by atoms with Gasteiger partial charge in [0.05, 0.1) is 5.56 Å². The number of rotatable bonds is 6. The molecule has 0 radical (unpaired) electrons. The number of amides is 1. The van der Waals surface area contributed by atoms with Gasteiger partial charge in [-0.15, -0.1) is 11.3 Å². The van der Waals surface area contributed by atoms with Gasteiger partial charge in [-0.2, -0.15) is 13.2 Å². The Kier molecular flexibility index (Phi) is 6.07. The summed E-state index contributed by atoms with van der Waals surface area (Å²) in [5.74, 6) is -1.31. The summed E-state index contributed by atoms with van der Waals surface area (Å²) in [5.41, 5.74) is 0.373. The van der Waals surface area contributed by atoms with Crippen molar-refractivity contribution in [1.29, 1.82) is 0 Å². The smallest absolute Gasteiger partial charge is 0.417 e. The normalized spacial score (nSPS) is 12.5. The number of hydrogen-bond acceptors (Lipinski definition) is 4. The van der Waals surface area contributed by atoms with Crippen LogP contribution in [0.3, 0.4) is 0 Å². The van der Waals surface area contributed by atoms with Gasteiger partial charge in [-0.3, -0.25) is 0 Å².